The lowest BCUT2D eigenvalue weighted by molar-refractivity contribution is 1.18. The standard InChI is InChI=1S/C40H28N2/c1-2-11-28(12-3-1)34-19-9-13-29-14-10-20-35(40(29)34)30-15-8-16-32(27-30)41-31-23-25-33(26-24-31)42-38-21-6-4-17-36(38)37-18-5-7-22-39(37)42/h1-27,41H. The summed E-state index contributed by atoms with van der Waals surface area (Å²) in [7, 11) is 0. The van der Waals surface area contributed by atoms with Crippen LogP contribution in [0.5, 0.6) is 0 Å². The average Bonchev–Trinajstić information content (AvgIpc) is 3.40. The Labute approximate surface area is 245 Å². The van der Waals surface area contributed by atoms with Crippen molar-refractivity contribution in [3.63, 3.8) is 0 Å². The number of hydrogen-bond donors (Lipinski definition) is 1. The molecule has 0 unspecified atom stereocenters. The lowest BCUT2D eigenvalue weighted by atomic mass is 9.91. The van der Waals surface area contributed by atoms with Gasteiger partial charge in [-0.15, -0.1) is 0 Å². The first-order chi connectivity index (χ1) is 20.8. The predicted molar refractivity (Wildman–Crippen MR) is 179 cm³/mol. The zero-order chi connectivity index (χ0) is 27.9. The Balaban J connectivity index is 1.15. The molecule has 0 bridgehead atoms. The van der Waals surface area contributed by atoms with Crippen molar-refractivity contribution >= 4 is 44.0 Å². The summed E-state index contributed by atoms with van der Waals surface area (Å²) in [6.45, 7) is 0. The highest BCUT2D eigenvalue weighted by Gasteiger charge is 2.12. The maximum Gasteiger partial charge on any atom is 0.0541 e. The van der Waals surface area contributed by atoms with Gasteiger partial charge in [0.1, 0.15) is 0 Å². The van der Waals surface area contributed by atoms with Gasteiger partial charge in [-0.2, -0.15) is 0 Å². The molecule has 2 nitrogen and oxygen atoms in total. The molecule has 0 aliphatic rings. The summed E-state index contributed by atoms with van der Waals surface area (Å²) in [6, 6.07) is 58.5. The molecule has 2 heteroatoms. The average molecular weight is 537 g/mol. The molecule has 0 radical (unpaired) electrons. The van der Waals surface area contributed by atoms with Crippen LogP contribution in [0.4, 0.5) is 11.4 Å². The van der Waals surface area contributed by atoms with Gasteiger partial charge in [-0.25, -0.2) is 0 Å². The Morgan fingerprint density at radius 3 is 1.67 bits per heavy atom. The number of aromatic nitrogens is 1. The predicted octanol–water partition coefficient (Wildman–Crippen LogP) is 11.0. The second-order valence-electron chi connectivity index (χ2n) is 10.7. The van der Waals surface area contributed by atoms with Gasteiger partial charge < -0.3 is 9.88 Å². The zero-order valence-electron chi connectivity index (χ0n) is 23.0. The van der Waals surface area contributed by atoms with Crippen LogP contribution in [0.15, 0.2) is 164 Å². The van der Waals surface area contributed by atoms with Gasteiger partial charge in [-0.05, 0) is 81.6 Å². The fourth-order valence-corrected chi connectivity index (χ4v) is 6.27. The Kier molecular flexibility index (Phi) is 5.82. The second-order valence-corrected chi connectivity index (χ2v) is 10.7. The van der Waals surface area contributed by atoms with E-state index in [9.17, 15) is 0 Å². The van der Waals surface area contributed by atoms with Crippen molar-refractivity contribution in [3.05, 3.63) is 164 Å². The molecule has 0 aliphatic carbocycles. The van der Waals surface area contributed by atoms with Crippen LogP contribution >= 0.6 is 0 Å². The van der Waals surface area contributed by atoms with E-state index in [1.54, 1.807) is 0 Å². The molecular weight excluding hydrogens is 508 g/mol. The minimum atomic E-state index is 1.06. The normalized spacial score (nSPS) is 11.3. The highest BCUT2D eigenvalue weighted by molar-refractivity contribution is 6.09. The van der Waals surface area contributed by atoms with Gasteiger partial charge in [0.2, 0.25) is 0 Å². The summed E-state index contributed by atoms with van der Waals surface area (Å²) in [4.78, 5) is 0. The van der Waals surface area contributed by atoms with Crippen molar-refractivity contribution in [1.29, 1.82) is 0 Å². The lowest BCUT2D eigenvalue weighted by Crippen LogP contribution is -1.95. The van der Waals surface area contributed by atoms with Crippen molar-refractivity contribution in [2.45, 2.75) is 0 Å². The van der Waals surface area contributed by atoms with Gasteiger partial charge in [-0.1, -0.05) is 115 Å². The van der Waals surface area contributed by atoms with Gasteiger partial charge in [0.05, 0.1) is 11.0 Å². The Bertz CT molecular complexity index is 2150. The molecular formula is C40H28N2. The first kappa shape index (κ1) is 24.2. The van der Waals surface area contributed by atoms with Gasteiger partial charge in [0.25, 0.3) is 0 Å². The second kappa shape index (κ2) is 10.1. The summed E-state index contributed by atoms with van der Waals surface area (Å²) < 4.78 is 2.35. The first-order valence-corrected chi connectivity index (χ1v) is 14.4. The summed E-state index contributed by atoms with van der Waals surface area (Å²) in [5.74, 6) is 0. The third kappa shape index (κ3) is 4.13. The fourth-order valence-electron chi connectivity index (χ4n) is 6.27. The molecule has 0 saturated heterocycles. The number of hydrogen-bond acceptors (Lipinski definition) is 1. The molecule has 0 spiro atoms. The molecule has 42 heavy (non-hydrogen) atoms. The minimum absolute atomic E-state index is 1.06. The molecule has 198 valence electrons. The molecule has 0 saturated carbocycles. The maximum absolute atomic E-state index is 3.65. The van der Waals surface area contributed by atoms with Crippen LogP contribution in [-0.4, -0.2) is 4.57 Å². The molecule has 1 aromatic heterocycles. The van der Waals surface area contributed by atoms with E-state index in [-0.39, 0.29) is 0 Å². The zero-order valence-corrected chi connectivity index (χ0v) is 23.0. The number of nitrogens with zero attached hydrogens (tertiary/aromatic N) is 1. The number of rotatable bonds is 5. The summed E-state index contributed by atoms with van der Waals surface area (Å²) >= 11 is 0. The van der Waals surface area contributed by atoms with E-state index in [2.05, 4.69) is 174 Å². The van der Waals surface area contributed by atoms with Crippen LogP contribution in [0.25, 0.3) is 60.5 Å². The molecule has 1 heterocycles. The van der Waals surface area contributed by atoms with E-state index in [0.29, 0.717) is 0 Å². The van der Waals surface area contributed by atoms with E-state index < -0.39 is 0 Å². The smallest absolute Gasteiger partial charge is 0.0541 e. The van der Waals surface area contributed by atoms with Gasteiger partial charge >= 0.3 is 0 Å². The third-order valence-electron chi connectivity index (χ3n) is 8.16. The largest absolute Gasteiger partial charge is 0.356 e. The van der Waals surface area contributed by atoms with Crippen molar-refractivity contribution in [1.82, 2.24) is 4.57 Å². The highest BCUT2D eigenvalue weighted by Crippen LogP contribution is 2.38. The van der Waals surface area contributed by atoms with Crippen LogP contribution in [0, 0.1) is 0 Å². The number of fused-ring (bicyclic) bond motifs is 4. The monoisotopic (exact) mass is 536 g/mol. The van der Waals surface area contributed by atoms with Crippen LogP contribution in [0.3, 0.4) is 0 Å². The van der Waals surface area contributed by atoms with Crippen LogP contribution < -0.4 is 5.32 Å². The quantitative estimate of drug-likeness (QED) is 0.231. The first-order valence-electron chi connectivity index (χ1n) is 14.4. The van der Waals surface area contributed by atoms with Gasteiger partial charge in [0, 0.05) is 27.8 Å². The number of benzene rings is 7. The molecule has 1 N–H and O–H groups in total. The SMILES string of the molecule is c1ccc(-c2cccc3cccc(-c4cccc(Nc5ccc(-n6c7ccccc7c7ccccc76)cc5)c4)c23)cc1. The highest BCUT2D eigenvalue weighted by atomic mass is 15.0. The summed E-state index contributed by atoms with van der Waals surface area (Å²) in [6.07, 6.45) is 0. The summed E-state index contributed by atoms with van der Waals surface area (Å²) in [5, 5.41) is 8.71. The maximum atomic E-state index is 3.65. The fraction of sp³-hybridized carbons (Fsp3) is 0. The summed E-state index contributed by atoms with van der Waals surface area (Å²) in [5.41, 5.74) is 10.6. The van der Waals surface area contributed by atoms with Gasteiger partial charge in [-0.3, -0.25) is 0 Å². The Morgan fingerprint density at radius 2 is 0.976 bits per heavy atom. The van der Waals surface area contributed by atoms with Crippen LogP contribution in [0.1, 0.15) is 0 Å². The molecule has 8 rings (SSSR count). The van der Waals surface area contributed by atoms with Crippen molar-refractivity contribution in [2.75, 3.05) is 5.32 Å². The van der Waals surface area contributed by atoms with E-state index >= 15 is 0 Å². The topological polar surface area (TPSA) is 17.0 Å². The molecule has 7 aromatic carbocycles. The van der Waals surface area contributed by atoms with Crippen molar-refractivity contribution in [2.24, 2.45) is 0 Å². The minimum Gasteiger partial charge on any atom is -0.356 e. The molecule has 0 atom stereocenters. The number of anilines is 2. The van der Waals surface area contributed by atoms with Gasteiger partial charge in [0.15, 0.2) is 0 Å². The third-order valence-corrected chi connectivity index (χ3v) is 8.16. The van der Waals surface area contributed by atoms with E-state index in [1.165, 1.54) is 54.8 Å². The molecule has 0 amide bonds. The van der Waals surface area contributed by atoms with Crippen molar-refractivity contribution < 1.29 is 0 Å². The molecule has 8 aromatic rings. The lowest BCUT2D eigenvalue weighted by Gasteiger charge is -2.14. The van der Waals surface area contributed by atoms with E-state index in [4.69, 9.17) is 0 Å². The molecule has 0 fully saturated rings. The van der Waals surface area contributed by atoms with Crippen molar-refractivity contribution in [3.8, 4) is 27.9 Å². The number of para-hydroxylation sites is 2. The van der Waals surface area contributed by atoms with E-state index in [0.717, 1.165) is 17.1 Å². The van der Waals surface area contributed by atoms with E-state index in [1.807, 2.05) is 0 Å². The Hall–Kier alpha value is -5.60. The molecule has 0 aliphatic heterocycles. The van der Waals surface area contributed by atoms with Crippen LogP contribution in [0.2, 0.25) is 0 Å². The van der Waals surface area contributed by atoms with Crippen LogP contribution in [-0.2, 0) is 0 Å². The Morgan fingerprint density at radius 1 is 0.405 bits per heavy atom. The number of nitrogens with one attached hydrogen (secondary N) is 1.